The summed E-state index contributed by atoms with van der Waals surface area (Å²) in [4.78, 5) is 4.23. The Morgan fingerprint density at radius 2 is 2.42 bits per heavy atom. The minimum Gasteiger partial charge on any atom is -0.361 e. The first kappa shape index (κ1) is 9.99. The Labute approximate surface area is 85.5 Å². The topological polar surface area (TPSA) is 24.9 Å². The van der Waals surface area contributed by atoms with Gasteiger partial charge >= 0.3 is 0 Å². The molecule has 1 heterocycles. The summed E-state index contributed by atoms with van der Waals surface area (Å²) in [7, 11) is 0. The first-order valence-electron chi connectivity index (χ1n) is 4.03. The first-order chi connectivity index (χ1) is 5.68. The summed E-state index contributed by atoms with van der Waals surface area (Å²) >= 11 is 4.94. The molecule has 0 atom stereocenters. The molecule has 2 nitrogen and oxygen atoms in total. The van der Waals surface area contributed by atoms with E-state index in [0.717, 1.165) is 22.2 Å². The van der Waals surface area contributed by atoms with Crippen molar-refractivity contribution in [2.75, 3.05) is 11.9 Å². The highest BCUT2D eigenvalue weighted by Gasteiger charge is 1.98. The van der Waals surface area contributed by atoms with Crippen molar-refractivity contribution in [2.24, 2.45) is 5.92 Å². The maximum Gasteiger partial charge on any atom is 0.183 e. The van der Waals surface area contributed by atoms with Crippen LogP contribution in [0.15, 0.2) is 9.98 Å². The van der Waals surface area contributed by atoms with Crippen molar-refractivity contribution in [3.63, 3.8) is 0 Å². The molecule has 1 N–H and O–H groups in total. The van der Waals surface area contributed by atoms with Crippen LogP contribution < -0.4 is 5.32 Å². The Morgan fingerprint density at radius 3 is 2.92 bits per heavy atom. The number of thiazole rings is 1. The van der Waals surface area contributed by atoms with Crippen LogP contribution >= 0.6 is 27.3 Å². The number of nitrogens with one attached hydrogen (secondary N) is 1. The third kappa shape index (κ3) is 3.54. The number of anilines is 1. The lowest BCUT2D eigenvalue weighted by atomic mass is 10.1. The van der Waals surface area contributed by atoms with Gasteiger partial charge in [0.1, 0.15) is 4.60 Å². The molecule has 0 aliphatic carbocycles. The Kier molecular flexibility index (Phi) is 4.01. The first-order valence-corrected chi connectivity index (χ1v) is 5.70. The van der Waals surface area contributed by atoms with Crippen LogP contribution in [-0.4, -0.2) is 11.5 Å². The van der Waals surface area contributed by atoms with E-state index in [1.54, 1.807) is 11.3 Å². The van der Waals surface area contributed by atoms with Crippen molar-refractivity contribution < 1.29 is 0 Å². The van der Waals surface area contributed by atoms with Gasteiger partial charge in [0.25, 0.3) is 0 Å². The highest BCUT2D eigenvalue weighted by Crippen LogP contribution is 2.19. The lowest BCUT2D eigenvalue weighted by Gasteiger charge is -2.04. The zero-order valence-corrected chi connectivity index (χ0v) is 9.70. The molecule has 12 heavy (non-hydrogen) atoms. The average Bonchev–Trinajstić information content (AvgIpc) is 2.35. The van der Waals surface area contributed by atoms with E-state index in [0.29, 0.717) is 0 Å². The van der Waals surface area contributed by atoms with Gasteiger partial charge in [0.2, 0.25) is 0 Å². The van der Waals surface area contributed by atoms with E-state index in [4.69, 9.17) is 0 Å². The molecule has 1 aromatic rings. The Morgan fingerprint density at radius 1 is 1.67 bits per heavy atom. The molecule has 4 heteroatoms. The predicted molar refractivity (Wildman–Crippen MR) is 57.8 cm³/mol. The minimum absolute atomic E-state index is 0.751. The molecule has 0 unspecified atom stereocenters. The number of nitrogens with zero attached hydrogens (tertiary/aromatic N) is 1. The van der Waals surface area contributed by atoms with Gasteiger partial charge in [-0.05, 0) is 28.3 Å². The van der Waals surface area contributed by atoms with Gasteiger partial charge in [-0.1, -0.05) is 13.8 Å². The van der Waals surface area contributed by atoms with Gasteiger partial charge in [-0.2, -0.15) is 0 Å². The van der Waals surface area contributed by atoms with Crippen LogP contribution in [0.25, 0.3) is 0 Å². The summed E-state index contributed by atoms with van der Waals surface area (Å²) in [5.74, 6) is 0.751. The van der Waals surface area contributed by atoms with Crippen molar-refractivity contribution in [2.45, 2.75) is 20.3 Å². The van der Waals surface area contributed by atoms with Gasteiger partial charge in [0.15, 0.2) is 5.13 Å². The molecular weight excluding hydrogens is 236 g/mol. The molecule has 0 fully saturated rings. The number of hydrogen-bond donors (Lipinski definition) is 1. The summed E-state index contributed by atoms with van der Waals surface area (Å²) in [5.41, 5.74) is 0. The van der Waals surface area contributed by atoms with Crippen LogP contribution in [0.5, 0.6) is 0 Å². The summed E-state index contributed by atoms with van der Waals surface area (Å²) in [6.07, 6.45) is 1.19. The van der Waals surface area contributed by atoms with Gasteiger partial charge < -0.3 is 5.32 Å². The van der Waals surface area contributed by atoms with Gasteiger partial charge in [0.05, 0.1) is 0 Å². The molecule has 0 radical (unpaired) electrons. The molecule has 0 aromatic carbocycles. The van der Waals surface area contributed by atoms with E-state index < -0.39 is 0 Å². The smallest absolute Gasteiger partial charge is 0.183 e. The maximum absolute atomic E-state index is 4.23. The Balaban J connectivity index is 2.24. The van der Waals surface area contributed by atoms with Crippen molar-refractivity contribution in [3.8, 4) is 0 Å². The van der Waals surface area contributed by atoms with Gasteiger partial charge in [-0.25, -0.2) is 4.98 Å². The fourth-order valence-electron chi connectivity index (χ4n) is 0.803. The molecule has 0 saturated carbocycles. The Hall–Kier alpha value is -0.0900. The van der Waals surface area contributed by atoms with E-state index in [1.165, 1.54) is 6.42 Å². The normalized spacial score (nSPS) is 10.7. The molecule has 1 rings (SSSR count). The number of rotatable bonds is 4. The second-order valence-electron chi connectivity index (χ2n) is 3.08. The zero-order chi connectivity index (χ0) is 8.97. The van der Waals surface area contributed by atoms with Crippen molar-refractivity contribution in [3.05, 3.63) is 9.98 Å². The predicted octanol–water partition coefficient (Wildman–Crippen LogP) is 3.36. The number of halogens is 1. The fraction of sp³-hybridized carbons (Fsp3) is 0.625. The number of aromatic nitrogens is 1. The van der Waals surface area contributed by atoms with Crippen molar-refractivity contribution in [1.29, 1.82) is 0 Å². The van der Waals surface area contributed by atoms with Crippen LogP contribution in [-0.2, 0) is 0 Å². The van der Waals surface area contributed by atoms with Crippen molar-refractivity contribution in [1.82, 2.24) is 4.98 Å². The average molecular weight is 249 g/mol. The molecule has 0 aliphatic heterocycles. The monoisotopic (exact) mass is 248 g/mol. The standard InChI is InChI=1S/C8H13BrN2S/c1-6(2)3-4-10-8-11-7(9)5-12-8/h5-6H,3-4H2,1-2H3,(H,10,11). The van der Waals surface area contributed by atoms with Crippen LogP contribution in [0, 0.1) is 5.92 Å². The maximum atomic E-state index is 4.23. The molecule has 0 aliphatic rings. The van der Waals surface area contributed by atoms with E-state index in [2.05, 4.69) is 40.1 Å². The van der Waals surface area contributed by atoms with Crippen LogP contribution in [0.2, 0.25) is 0 Å². The van der Waals surface area contributed by atoms with Crippen LogP contribution in [0.3, 0.4) is 0 Å². The highest BCUT2D eigenvalue weighted by atomic mass is 79.9. The largest absolute Gasteiger partial charge is 0.361 e. The molecular formula is C8H13BrN2S. The second kappa shape index (κ2) is 4.82. The van der Waals surface area contributed by atoms with Crippen LogP contribution in [0.4, 0.5) is 5.13 Å². The SMILES string of the molecule is CC(C)CCNc1nc(Br)cs1. The molecule has 68 valence electrons. The van der Waals surface area contributed by atoms with Crippen molar-refractivity contribution >= 4 is 32.4 Å². The third-order valence-electron chi connectivity index (χ3n) is 1.47. The van der Waals surface area contributed by atoms with Gasteiger partial charge in [0, 0.05) is 11.9 Å². The van der Waals surface area contributed by atoms with Gasteiger partial charge in [-0.15, -0.1) is 11.3 Å². The molecule has 0 spiro atoms. The fourth-order valence-corrected chi connectivity index (χ4v) is 1.98. The van der Waals surface area contributed by atoms with E-state index >= 15 is 0 Å². The van der Waals surface area contributed by atoms with E-state index in [1.807, 2.05) is 5.38 Å². The molecule has 0 amide bonds. The Bertz CT molecular complexity index is 235. The third-order valence-corrected chi connectivity index (χ3v) is 2.98. The highest BCUT2D eigenvalue weighted by molar-refractivity contribution is 9.10. The van der Waals surface area contributed by atoms with E-state index in [9.17, 15) is 0 Å². The van der Waals surface area contributed by atoms with Crippen LogP contribution in [0.1, 0.15) is 20.3 Å². The molecule has 0 bridgehead atoms. The number of hydrogen-bond acceptors (Lipinski definition) is 3. The summed E-state index contributed by atoms with van der Waals surface area (Å²) in [5, 5.41) is 6.26. The zero-order valence-electron chi connectivity index (χ0n) is 7.30. The van der Waals surface area contributed by atoms with Gasteiger partial charge in [-0.3, -0.25) is 0 Å². The quantitative estimate of drug-likeness (QED) is 0.884. The molecule has 0 saturated heterocycles. The summed E-state index contributed by atoms with van der Waals surface area (Å²) in [6.45, 7) is 5.45. The second-order valence-corrected chi connectivity index (χ2v) is 4.76. The summed E-state index contributed by atoms with van der Waals surface area (Å²) < 4.78 is 0.916. The lowest BCUT2D eigenvalue weighted by Crippen LogP contribution is -2.04. The van der Waals surface area contributed by atoms with E-state index in [-0.39, 0.29) is 0 Å². The molecule has 1 aromatic heterocycles. The summed E-state index contributed by atoms with van der Waals surface area (Å²) in [6, 6.07) is 0. The minimum atomic E-state index is 0.751. The lowest BCUT2D eigenvalue weighted by molar-refractivity contribution is 0.607.